The molecule has 136 valence electrons. The van der Waals surface area contributed by atoms with E-state index < -0.39 is 0 Å². The highest BCUT2D eigenvalue weighted by atomic mass is 32.2. The van der Waals surface area contributed by atoms with Crippen LogP contribution in [0.4, 0.5) is 10.5 Å². The molecule has 3 amide bonds. The maximum absolute atomic E-state index is 12.7. The predicted octanol–water partition coefficient (Wildman–Crippen LogP) is 3.79. The summed E-state index contributed by atoms with van der Waals surface area (Å²) in [6.45, 7) is 2.39. The molecule has 0 bridgehead atoms. The lowest BCUT2D eigenvalue weighted by Crippen LogP contribution is -2.39. The Hall–Kier alpha value is -2.47. The molecule has 0 radical (unpaired) electrons. The zero-order valence-corrected chi connectivity index (χ0v) is 15.7. The van der Waals surface area contributed by atoms with Crippen molar-refractivity contribution >= 4 is 29.4 Å². The second-order valence-electron chi connectivity index (χ2n) is 6.16. The first-order valence-corrected chi connectivity index (χ1v) is 9.94. The number of para-hydroxylation sites is 1. The highest BCUT2D eigenvalue weighted by Gasteiger charge is 2.22. The van der Waals surface area contributed by atoms with Crippen molar-refractivity contribution in [3.8, 4) is 0 Å². The van der Waals surface area contributed by atoms with Crippen LogP contribution in [0.2, 0.25) is 0 Å². The number of anilines is 1. The number of nitrogens with one attached hydrogen (secondary N) is 1. The van der Waals surface area contributed by atoms with Crippen molar-refractivity contribution in [1.82, 2.24) is 9.80 Å². The molecule has 2 aromatic rings. The van der Waals surface area contributed by atoms with E-state index in [1.165, 1.54) is 0 Å². The van der Waals surface area contributed by atoms with Gasteiger partial charge in [0, 0.05) is 42.3 Å². The summed E-state index contributed by atoms with van der Waals surface area (Å²) in [5.41, 5.74) is 1.48. The highest BCUT2D eigenvalue weighted by Crippen LogP contribution is 2.17. The summed E-state index contributed by atoms with van der Waals surface area (Å²) in [6.07, 6.45) is 2.79. The maximum atomic E-state index is 12.7. The zero-order chi connectivity index (χ0) is 18.4. The van der Waals surface area contributed by atoms with Gasteiger partial charge in [0.05, 0.1) is 0 Å². The van der Waals surface area contributed by atoms with Crippen LogP contribution in [-0.2, 0) is 0 Å². The van der Waals surface area contributed by atoms with Crippen LogP contribution in [0.3, 0.4) is 0 Å². The van der Waals surface area contributed by atoms with Gasteiger partial charge in [-0.2, -0.15) is 0 Å². The second-order valence-corrected chi connectivity index (χ2v) is 7.04. The molecule has 1 aliphatic heterocycles. The quantitative estimate of drug-likeness (QED) is 0.838. The van der Waals surface area contributed by atoms with Crippen LogP contribution in [0.15, 0.2) is 59.5 Å². The monoisotopic (exact) mass is 369 g/mol. The first kappa shape index (κ1) is 18.3. The van der Waals surface area contributed by atoms with E-state index in [2.05, 4.69) is 5.32 Å². The molecule has 1 N–H and O–H groups in total. The number of nitrogens with zero attached hydrogens (tertiary/aromatic N) is 2. The Bertz CT molecular complexity index is 749. The molecule has 1 fully saturated rings. The van der Waals surface area contributed by atoms with E-state index in [0.717, 1.165) is 17.0 Å². The van der Waals surface area contributed by atoms with Gasteiger partial charge in [-0.15, -0.1) is 11.8 Å². The summed E-state index contributed by atoms with van der Waals surface area (Å²) in [4.78, 5) is 29.9. The highest BCUT2D eigenvalue weighted by molar-refractivity contribution is 7.98. The molecule has 3 rings (SSSR count). The fraction of sp³-hybridized carbons (Fsp3) is 0.300. The van der Waals surface area contributed by atoms with E-state index in [0.29, 0.717) is 31.7 Å². The van der Waals surface area contributed by atoms with Crippen molar-refractivity contribution in [2.45, 2.75) is 11.3 Å². The van der Waals surface area contributed by atoms with Crippen molar-refractivity contribution in [2.75, 3.05) is 37.8 Å². The molecule has 0 atom stereocenters. The van der Waals surface area contributed by atoms with E-state index >= 15 is 0 Å². The van der Waals surface area contributed by atoms with E-state index in [9.17, 15) is 9.59 Å². The molecule has 2 aromatic carbocycles. The summed E-state index contributed by atoms with van der Waals surface area (Å²) in [5, 5.41) is 2.91. The van der Waals surface area contributed by atoms with Crippen molar-refractivity contribution in [3.05, 3.63) is 60.2 Å². The van der Waals surface area contributed by atoms with Gasteiger partial charge < -0.3 is 15.1 Å². The van der Waals surface area contributed by atoms with Crippen LogP contribution in [-0.4, -0.2) is 54.2 Å². The Kier molecular flexibility index (Phi) is 6.17. The summed E-state index contributed by atoms with van der Waals surface area (Å²) in [5.74, 6) is 0.0305. The van der Waals surface area contributed by atoms with Gasteiger partial charge in [0.15, 0.2) is 0 Å². The van der Waals surface area contributed by atoms with Gasteiger partial charge in [0.1, 0.15) is 0 Å². The van der Waals surface area contributed by atoms with Crippen LogP contribution in [0.5, 0.6) is 0 Å². The molecule has 0 aliphatic carbocycles. The maximum Gasteiger partial charge on any atom is 0.321 e. The fourth-order valence-electron chi connectivity index (χ4n) is 2.96. The van der Waals surface area contributed by atoms with E-state index in [-0.39, 0.29) is 11.9 Å². The molecule has 5 nitrogen and oxygen atoms in total. The third kappa shape index (κ3) is 4.58. The summed E-state index contributed by atoms with van der Waals surface area (Å²) >= 11 is 1.66. The topological polar surface area (TPSA) is 52.7 Å². The number of rotatable bonds is 3. The molecule has 26 heavy (non-hydrogen) atoms. The van der Waals surface area contributed by atoms with Crippen molar-refractivity contribution in [2.24, 2.45) is 0 Å². The minimum Gasteiger partial charge on any atom is -0.337 e. The Morgan fingerprint density at radius 2 is 1.54 bits per heavy atom. The Labute approximate surface area is 158 Å². The standard InChI is InChI=1S/C20H23N3O2S/c1-26-18-10-8-16(9-11-18)19(24)22-12-5-13-23(15-14-22)20(25)21-17-6-3-2-4-7-17/h2-4,6-11H,5,12-15H2,1H3,(H,21,25). The summed E-state index contributed by atoms with van der Waals surface area (Å²) in [7, 11) is 0. The lowest BCUT2D eigenvalue weighted by atomic mass is 10.2. The Balaban J connectivity index is 1.58. The number of carbonyl (C=O) groups is 2. The van der Waals surface area contributed by atoms with Gasteiger partial charge in [-0.3, -0.25) is 4.79 Å². The molecule has 0 unspecified atom stereocenters. The SMILES string of the molecule is CSc1ccc(C(=O)N2CCCN(C(=O)Nc3ccccc3)CC2)cc1. The van der Waals surface area contributed by atoms with E-state index in [4.69, 9.17) is 0 Å². The molecule has 0 saturated carbocycles. The smallest absolute Gasteiger partial charge is 0.321 e. The van der Waals surface area contributed by atoms with Gasteiger partial charge in [-0.25, -0.2) is 4.79 Å². The van der Waals surface area contributed by atoms with Gasteiger partial charge >= 0.3 is 6.03 Å². The van der Waals surface area contributed by atoms with Gasteiger partial charge in [0.2, 0.25) is 0 Å². The molecular weight excluding hydrogens is 346 g/mol. The summed E-state index contributed by atoms with van der Waals surface area (Å²) < 4.78 is 0. The molecule has 0 aromatic heterocycles. The molecular formula is C20H23N3O2S. The third-order valence-electron chi connectivity index (χ3n) is 4.43. The second kappa shape index (κ2) is 8.76. The molecule has 0 spiro atoms. The van der Waals surface area contributed by atoms with Crippen molar-refractivity contribution < 1.29 is 9.59 Å². The van der Waals surface area contributed by atoms with E-state index in [1.807, 2.05) is 65.8 Å². The molecule has 6 heteroatoms. The number of amides is 3. The van der Waals surface area contributed by atoms with Crippen LogP contribution < -0.4 is 5.32 Å². The predicted molar refractivity (Wildman–Crippen MR) is 106 cm³/mol. The molecule has 1 saturated heterocycles. The lowest BCUT2D eigenvalue weighted by Gasteiger charge is -2.22. The average molecular weight is 369 g/mol. The van der Waals surface area contributed by atoms with Gasteiger partial charge in [-0.05, 0) is 49.1 Å². The fourth-order valence-corrected chi connectivity index (χ4v) is 3.37. The number of hydrogen-bond donors (Lipinski definition) is 1. The minimum atomic E-state index is -0.116. The first-order chi connectivity index (χ1) is 12.7. The van der Waals surface area contributed by atoms with Gasteiger partial charge in [-0.1, -0.05) is 18.2 Å². The van der Waals surface area contributed by atoms with Gasteiger partial charge in [0.25, 0.3) is 5.91 Å². The minimum absolute atomic E-state index is 0.0305. The molecule has 1 heterocycles. The van der Waals surface area contributed by atoms with E-state index in [1.54, 1.807) is 16.7 Å². The lowest BCUT2D eigenvalue weighted by molar-refractivity contribution is 0.0762. The normalized spacial score (nSPS) is 14.7. The van der Waals surface area contributed by atoms with Crippen LogP contribution in [0.25, 0.3) is 0 Å². The largest absolute Gasteiger partial charge is 0.337 e. The zero-order valence-electron chi connectivity index (χ0n) is 14.9. The average Bonchev–Trinajstić information content (AvgIpc) is 2.94. The number of carbonyl (C=O) groups excluding carboxylic acids is 2. The number of hydrogen-bond acceptors (Lipinski definition) is 3. The summed E-state index contributed by atoms with van der Waals surface area (Å²) in [6, 6.07) is 17.0. The number of benzene rings is 2. The Morgan fingerprint density at radius 3 is 2.23 bits per heavy atom. The van der Waals surface area contributed by atoms with Crippen molar-refractivity contribution in [3.63, 3.8) is 0 Å². The number of urea groups is 1. The third-order valence-corrected chi connectivity index (χ3v) is 5.18. The Morgan fingerprint density at radius 1 is 0.885 bits per heavy atom. The van der Waals surface area contributed by atoms with Crippen LogP contribution >= 0.6 is 11.8 Å². The van der Waals surface area contributed by atoms with Crippen molar-refractivity contribution in [1.29, 1.82) is 0 Å². The van der Waals surface area contributed by atoms with Crippen LogP contribution in [0, 0.1) is 0 Å². The number of thioether (sulfide) groups is 1. The van der Waals surface area contributed by atoms with Crippen LogP contribution in [0.1, 0.15) is 16.8 Å². The molecule has 1 aliphatic rings. The first-order valence-electron chi connectivity index (χ1n) is 8.71.